The Balaban J connectivity index is 1.20. The molecular weight excluding hydrogens is 326 g/mol. The molecule has 1 aliphatic heterocycles. The van der Waals surface area contributed by atoms with Crippen molar-refractivity contribution in [1.29, 1.82) is 0 Å². The molecule has 3 aromatic rings. The highest BCUT2D eigenvalue weighted by Crippen LogP contribution is 2.29. The second-order valence-electron chi connectivity index (χ2n) is 7.54. The molecule has 0 radical (unpaired) electrons. The third kappa shape index (κ3) is 2.90. The van der Waals surface area contributed by atoms with Gasteiger partial charge in [0, 0.05) is 38.1 Å². The monoisotopic (exact) mass is 351 g/mol. The molecule has 1 aromatic carbocycles. The van der Waals surface area contributed by atoms with Crippen LogP contribution < -0.4 is 4.74 Å². The van der Waals surface area contributed by atoms with Gasteiger partial charge in [0.05, 0.1) is 17.8 Å². The van der Waals surface area contributed by atoms with Crippen LogP contribution in [0.3, 0.4) is 0 Å². The lowest BCUT2D eigenvalue weighted by molar-refractivity contribution is 0.0926. The van der Waals surface area contributed by atoms with Crippen LogP contribution in [0.25, 0.3) is 10.9 Å². The molecule has 26 heavy (non-hydrogen) atoms. The summed E-state index contributed by atoms with van der Waals surface area (Å²) in [5.74, 6) is 3.02. The number of benzene rings is 1. The Morgan fingerprint density at radius 3 is 2.92 bits per heavy atom. The van der Waals surface area contributed by atoms with E-state index in [1.807, 2.05) is 0 Å². The van der Waals surface area contributed by atoms with Gasteiger partial charge in [-0.3, -0.25) is 4.90 Å². The van der Waals surface area contributed by atoms with Crippen molar-refractivity contribution in [3.63, 3.8) is 0 Å². The molecule has 136 valence electrons. The largest absolute Gasteiger partial charge is 0.490 e. The summed E-state index contributed by atoms with van der Waals surface area (Å²) < 4.78 is 14.4. The molecule has 2 aromatic heterocycles. The molecule has 0 atom stereocenters. The van der Waals surface area contributed by atoms with E-state index in [2.05, 4.69) is 52.0 Å². The van der Waals surface area contributed by atoms with Gasteiger partial charge in [-0.25, -0.2) is 4.98 Å². The van der Waals surface area contributed by atoms with Crippen molar-refractivity contribution in [1.82, 2.24) is 14.5 Å². The number of nitrogens with zero attached hydrogens (tertiary/aromatic N) is 3. The van der Waals surface area contributed by atoms with Crippen LogP contribution in [0.4, 0.5) is 0 Å². The normalized spacial score (nSPS) is 18.5. The van der Waals surface area contributed by atoms with Crippen molar-refractivity contribution in [2.75, 3.05) is 13.1 Å². The summed E-state index contributed by atoms with van der Waals surface area (Å²) in [6, 6.07) is 8.44. The lowest BCUT2D eigenvalue weighted by atomic mass is 10.1. The highest BCUT2D eigenvalue weighted by Gasteiger charge is 2.24. The summed E-state index contributed by atoms with van der Waals surface area (Å²) in [6.07, 6.45) is 7.80. The lowest BCUT2D eigenvalue weighted by Gasteiger charge is -2.31. The van der Waals surface area contributed by atoms with Crippen molar-refractivity contribution in [2.45, 2.75) is 44.8 Å². The van der Waals surface area contributed by atoms with Gasteiger partial charge in [0.1, 0.15) is 17.6 Å². The average Bonchev–Trinajstić information content (AvgIpc) is 3.33. The molecule has 0 saturated carbocycles. The zero-order valence-electron chi connectivity index (χ0n) is 15.3. The van der Waals surface area contributed by atoms with Gasteiger partial charge in [-0.05, 0) is 43.9 Å². The number of ether oxygens (including phenoxy) is 1. The van der Waals surface area contributed by atoms with Gasteiger partial charge in [-0.15, -0.1) is 0 Å². The summed E-state index contributed by atoms with van der Waals surface area (Å²) in [7, 11) is 2.07. The standard InChI is InChI=1S/C21H25N3O2/c1-23-11-10-16-18(23)5-3-6-19(16)25-15-8-12-24(13-9-15)14-21-22-17-4-2-7-20(17)26-21/h3,5-6,10-11,15H,2,4,7-9,12-14H2,1H3. The molecule has 0 amide bonds. The molecule has 0 spiro atoms. The minimum atomic E-state index is 0.284. The van der Waals surface area contributed by atoms with Crippen LogP contribution in [0.1, 0.15) is 36.6 Å². The zero-order chi connectivity index (χ0) is 17.5. The third-order valence-corrected chi connectivity index (χ3v) is 5.71. The molecule has 0 N–H and O–H groups in total. The second kappa shape index (κ2) is 6.47. The van der Waals surface area contributed by atoms with Crippen molar-refractivity contribution in [3.8, 4) is 5.75 Å². The topological polar surface area (TPSA) is 43.4 Å². The molecule has 3 heterocycles. The van der Waals surface area contributed by atoms with Gasteiger partial charge in [0.15, 0.2) is 0 Å². The Morgan fingerprint density at radius 1 is 1.19 bits per heavy atom. The molecule has 5 heteroatoms. The lowest BCUT2D eigenvalue weighted by Crippen LogP contribution is -2.37. The van der Waals surface area contributed by atoms with Crippen LogP contribution in [0.15, 0.2) is 34.9 Å². The minimum Gasteiger partial charge on any atom is -0.490 e. The van der Waals surface area contributed by atoms with E-state index in [9.17, 15) is 0 Å². The number of rotatable bonds is 4. The van der Waals surface area contributed by atoms with E-state index < -0.39 is 0 Å². The number of aryl methyl sites for hydroxylation is 3. The number of likely N-dealkylation sites (tertiary alicyclic amines) is 1. The van der Waals surface area contributed by atoms with Crippen molar-refractivity contribution >= 4 is 10.9 Å². The predicted molar refractivity (Wildman–Crippen MR) is 100 cm³/mol. The van der Waals surface area contributed by atoms with E-state index in [4.69, 9.17) is 9.15 Å². The van der Waals surface area contributed by atoms with E-state index in [1.165, 1.54) is 23.0 Å². The molecule has 1 aliphatic carbocycles. The van der Waals surface area contributed by atoms with E-state index in [1.54, 1.807) is 0 Å². The number of hydrogen-bond acceptors (Lipinski definition) is 4. The molecule has 1 fully saturated rings. The first-order valence-corrected chi connectivity index (χ1v) is 9.67. The van der Waals surface area contributed by atoms with Crippen molar-refractivity contribution in [2.24, 2.45) is 7.05 Å². The minimum absolute atomic E-state index is 0.284. The summed E-state index contributed by atoms with van der Waals surface area (Å²) in [5, 5.41) is 1.20. The Morgan fingerprint density at radius 2 is 2.08 bits per heavy atom. The average molecular weight is 351 g/mol. The number of fused-ring (bicyclic) bond motifs is 2. The summed E-state index contributed by atoms with van der Waals surface area (Å²) in [5.41, 5.74) is 2.41. The van der Waals surface area contributed by atoms with Crippen LogP contribution in [-0.2, 0) is 26.4 Å². The van der Waals surface area contributed by atoms with Gasteiger partial charge in [-0.1, -0.05) is 6.07 Å². The smallest absolute Gasteiger partial charge is 0.208 e. The first-order chi connectivity index (χ1) is 12.8. The van der Waals surface area contributed by atoms with Gasteiger partial charge < -0.3 is 13.7 Å². The fraction of sp³-hybridized carbons (Fsp3) is 0.476. The Labute approximate surface area is 153 Å². The Kier molecular flexibility index (Phi) is 3.97. The van der Waals surface area contributed by atoms with Crippen LogP contribution in [0, 0.1) is 0 Å². The molecule has 5 rings (SSSR count). The molecule has 0 bridgehead atoms. The summed E-state index contributed by atoms with van der Waals surface area (Å²) >= 11 is 0. The molecule has 1 saturated heterocycles. The van der Waals surface area contributed by atoms with Crippen molar-refractivity contribution in [3.05, 3.63) is 47.8 Å². The fourth-order valence-electron chi connectivity index (χ4n) is 4.24. The van der Waals surface area contributed by atoms with Crippen LogP contribution in [0.5, 0.6) is 5.75 Å². The Bertz CT molecular complexity index is 897. The molecule has 2 aliphatic rings. The highest BCUT2D eigenvalue weighted by molar-refractivity contribution is 5.86. The number of piperidine rings is 1. The predicted octanol–water partition coefficient (Wildman–Crippen LogP) is 3.70. The van der Waals surface area contributed by atoms with Crippen LogP contribution in [-0.4, -0.2) is 33.6 Å². The quantitative estimate of drug-likeness (QED) is 0.719. The van der Waals surface area contributed by atoms with Crippen LogP contribution in [0.2, 0.25) is 0 Å². The van der Waals surface area contributed by atoms with Crippen molar-refractivity contribution < 1.29 is 9.15 Å². The van der Waals surface area contributed by atoms with Crippen LogP contribution >= 0.6 is 0 Å². The van der Waals surface area contributed by atoms with Gasteiger partial charge in [0.2, 0.25) is 5.89 Å². The van der Waals surface area contributed by atoms with E-state index in [0.717, 1.165) is 62.7 Å². The summed E-state index contributed by atoms with van der Waals surface area (Å²) in [6.45, 7) is 2.89. The maximum atomic E-state index is 6.35. The Hall–Kier alpha value is -2.27. The number of hydrogen-bond donors (Lipinski definition) is 0. The second-order valence-corrected chi connectivity index (χ2v) is 7.54. The van der Waals surface area contributed by atoms with E-state index in [-0.39, 0.29) is 6.10 Å². The molecule has 0 unspecified atom stereocenters. The maximum absolute atomic E-state index is 6.35. The first kappa shape index (κ1) is 15.9. The van der Waals surface area contributed by atoms with E-state index >= 15 is 0 Å². The third-order valence-electron chi connectivity index (χ3n) is 5.71. The summed E-state index contributed by atoms with van der Waals surface area (Å²) in [4.78, 5) is 7.10. The fourth-order valence-corrected chi connectivity index (χ4v) is 4.24. The number of oxazole rings is 1. The molecule has 5 nitrogen and oxygen atoms in total. The maximum Gasteiger partial charge on any atom is 0.208 e. The van der Waals surface area contributed by atoms with E-state index in [0.29, 0.717) is 0 Å². The highest BCUT2D eigenvalue weighted by atomic mass is 16.5. The first-order valence-electron chi connectivity index (χ1n) is 9.67. The van der Waals surface area contributed by atoms with Gasteiger partial charge in [-0.2, -0.15) is 0 Å². The SMILES string of the molecule is Cn1ccc2c(OC3CCN(Cc4nc5c(o4)CCC5)CC3)cccc21. The van der Waals surface area contributed by atoms with Gasteiger partial charge >= 0.3 is 0 Å². The van der Waals surface area contributed by atoms with Gasteiger partial charge in [0.25, 0.3) is 0 Å². The molecular formula is C21H25N3O2. The zero-order valence-corrected chi connectivity index (χ0v) is 15.3. The number of aromatic nitrogens is 2.